The summed E-state index contributed by atoms with van der Waals surface area (Å²) < 4.78 is 24.0. The molecule has 1 saturated carbocycles. The summed E-state index contributed by atoms with van der Waals surface area (Å²) in [7, 11) is 0. The Balaban J connectivity index is 1.32. The lowest BCUT2D eigenvalue weighted by Crippen LogP contribution is -2.44. The largest absolute Gasteiger partial charge is 0.450 e. The topological polar surface area (TPSA) is 90.1 Å². The SMILES string of the molecule is CCOC(=O)N[C@H]1CC[C@@H]2[C@H](Cc3onnc3[C@H]2/C=C/c2ccc(-c3cccc(F)c3)cn2)C1. The third-order valence-corrected chi connectivity index (χ3v) is 6.87. The van der Waals surface area contributed by atoms with E-state index in [1.54, 1.807) is 19.2 Å². The number of allylic oxidation sites excluding steroid dienone is 1. The number of ether oxygens (including phenoxy) is 1. The Labute approximate surface area is 197 Å². The van der Waals surface area contributed by atoms with Gasteiger partial charge in [0, 0.05) is 35.4 Å². The van der Waals surface area contributed by atoms with Crippen LogP contribution in [0.5, 0.6) is 0 Å². The number of carbonyl (C=O) groups is 1. The van der Waals surface area contributed by atoms with Gasteiger partial charge in [-0.05, 0) is 67.9 Å². The van der Waals surface area contributed by atoms with E-state index in [1.165, 1.54) is 12.1 Å². The van der Waals surface area contributed by atoms with Crippen molar-refractivity contribution in [3.63, 3.8) is 0 Å². The standard InChI is InChI=1S/C26H27FN4O3/c1-2-33-26(32)29-21-9-10-22-18(13-21)14-24-25(30-31-34-24)23(22)11-8-20-7-6-17(15-28-20)16-4-3-5-19(27)12-16/h3-8,11-12,15,18,21-23H,2,9-10,13-14H2,1H3,(H,29,32)/b11-8+/t18-,21-,22+,23-/m0/s1. The maximum absolute atomic E-state index is 13.5. The van der Waals surface area contributed by atoms with Crippen LogP contribution < -0.4 is 5.32 Å². The zero-order chi connectivity index (χ0) is 23.5. The van der Waals surface area contributed by atoms with Gasteiger partial charge in [-0.15, -0.1) is 5.10 Å². The molecule has 0 saturated heterocycles. The number of nitrogens with one attached hydrogen (secondary N) is 1. The van der Waals surface area contributed by atoms with Crippen molar-refractivity contribution in [2.45, 2.75) is 44.6 Å². The molecule has 5 rings (SSSR count). The third-order valence-electron chi connectivity index (χ3n) is 6.87. The summed E-state index contributed by atoms with van der Waals surface area (Å²) in [4.78, 5) is 16.4. The van der Waals surface area contributed by atoms with Gasteiger partial charge in [0.25, 0.3) is 0 Å². The number of alkyl carbamates (subject to hydrolysis) is 1. The minimum Gasteiger partial charge on any atom is -0.450 e. The number of carbonyl (C=O) groups excluding carboxylic acids is 1. The molecule has 2 aliphatic rings. The minimum absolute atomic E-state index is 0.0771. The van der Waals surface area contributed by atoms with Crippen molar-refractivity contribution in [2.75, 3.05) is 6.61 Å². The molecular weight excluding hydrogens is 435 g/mol. The first-order chi connectivity index (χ1) is 16.6. The van der Waals surface area contributed by atoms with Crippen LogP contribution in [-0.2, 0) is 11.2 Å². The van der Waals surface area contributed by atoms with Crippen LogP contribution in [0.3, 0.4) is 0 Å². The molecule has 1 aromatic carbocycles. The van der Waals surface area contributed by atoms with Crippen molar-refractivity contribution >= 4 is 12.2 Å². The number of benzene rings is 1. The molecule has 176 valence electrons. The molecule has 0 radical (unpaired) electrons. The van der Waals surface area contributed by atoms with Crippen LogP contribution in [0.2, 0.25) is 0 Å². The Hall–Kier alpha value is -3.55. The highest BCUT2D eigenvalue weighted by Gasteiger charge is 2.42. The van der Waals surface area contributed by atoms with E-state index >= 15 is 0 Å². The average Bonchev–Trinajstić information content (AvgIpc) is 3.30. The van der Waals surface area contributed by atoms with Gasteiger partial charge in [0.2, 0.25) is 0 Å². The van der Waals surface area contributed by atoms with Crippen LogP contribution in [0.15, 0.2) is 53.2 Å². The van der Waals surface area contributed by atoms with Gasteiger partial charge in [-0.3, -0.25) is 4.98 Å². The number of amides is 1. The van der Waals surface area contributed by atoms with E-state index in [-0.39, 0.29) is 23.9 Å². The van der Waals surface area contributed by atoms with E-state index in [0.717, 1.165) is 54.0 Å². The summed E-state index contributed by atoms with van der Waals surface area (Å²) in [5.41, 5.74) is 3.37. The third kappa shape index (κ3) is 4.71. The zero-order valence-corrected chi connectivity index (χ0v) is 19.0. The second kappa shape index (κ2) is 9.75. The Kier molecular flexibility index (Phi) is 6.38. The van der Waals surface area contributed by atoms with Crippen LogP contribution in [0.25, 0.3) is 17.2 Å². The fraction of sp³-hybridized carbons (Fsp3) is 0.385. The highest BCUT2D eigenvalue weighted by Crippen LogP contribution is 2.47. The molecule has 1 fully saturated rings. The Bertz CT molecular complexity index is 1180. The molecule has 34 heavy (non-hydrogen) atoms. The first-order valence-corrected chi connectivity index (χ1v) is 11.8. The first kappa shape index (κ1) is 22.3. The molecule has 2 heterocycles. The second-order valence-corrected chi connectivity index (χ2v) is 8.95. The number of rotatable bonds is 5. The van der Waals surface area contributed by atoms with Crippen LogP contribution in [0.4, 0.5) is 9.18 Å². The molecule has 1 amide bonds. The molecule has 2 aromatic heterocycles. The summed E-state index contributed by atoms with van der Waals surface area (Å²) >= 11 is 0. The van der Waals surface area contributed by atoms with Gasteiger partial charge in [-0.2, -0.15) is 0 Å². The zero-order valence-electron chi connectivity index (χ0n) is 19.0. The first-order valence-electron chi connectivity index (χ1n) is 11.8. The molecule has 7 nitrogen and oxygen atoms in total. The van der Waals surface area contributed by atoms with Crippen molar-refractivity contribution in [3.05, 3.63) is 71.6 Å². The highest BCUT2D eigenvalue weighted by molar-refractivity contribution is 5.67. The van der Waals surface area contributed by atoms with Crippen LogP contribution in [0, 0.1) is 17.7 Å². The number of aromatic nitrogens is 3. The van der Waals surface area contributed by atoms with Crippen molar-refractivity contribution < 1.29 is 18.4 Å². The van der Waals surface area contributed by atoms with Gasteiger partial charge in [-0.1, -0.05) is 24.3 Å². The monoisotopic (exact) mass is 462 g/mol. The van der Waals surface area contributed by atoms with E-state index < -0.39 is 0 Å². The van der Waals surface area contributed by atoms with Gasteiger partial charge in [0.05, 0.1) is 12.3 Å². The lowest BCUT2D eigenvalue weighted by Gasteiger charge is -2.41. The summed E-state index contributed by atoms with van der Waals surface area (Å²) in [6.45, 7) is 2.17. The average molecular weight is 463 g/mol. The van der Waals surface area contributed by atoms with E-state index in [9.17, 15) is 9.18 Å². The number of fused-ring (bicyclic) bond motifs is 2. The van der Waals surface area contributed by atoms with E-state index in [0.29, 0.717) is 18.4 Å². The van der Waals surface area contributed by atoms with E-state index in [4.69, 9.17) is 9.26 Å². The Morgan fingerprint density at radius 1 is 1.26 bits per heavy atom. The maximum atomic E-state index is 13.5. The van der Waals surface area contributed by atoms with Gasteiger partial charge in [0.15, 0.2) is 5.76 Å². The second-order valence-electron chi connectivity index (χ2n) is 8.95. The summed E-state index contributed by atoms with van der Waals surface area (Å²) in [5, 5.41) is 11.1. The maximum Gasteiger partial charge on any atom is 0.407 e. The van der Waals surface area contributed by atoms with E-state index in [2.05, 4.69) is 26.7 Å². The van der Waals surface area contributed by atoms with Gasteiger partial charge < -0.3 is 14.6 Å². The van der Waals surface area contributed by atoms with Crippen molar-refractivity contribution in [2.24, 2.45) is 11.8 Å². The summed E-state index contributed by atoms with van der Waals surface area (Å²) in [6, 6.07) is 10.5. The smallest absolute Gasteiger partial charge is 0.407 e. The molecule has 0 spiro atoms. The Morgan fingerprint density at radius 3 is 2.97 bits per heavy atom. The molecule has 8 heteroatoms. The number of nitrogens with zero attached hydrogens (tertiary/aromatic N) is 3. The van der Waals surface area contributed by atoms with Crippen molar-refractivity contribution in [1.29, 1.82) is 0 Å². The lowest BCUT2D eigenvalue weighted by atomic mass is 9.65. The summed E-state index contributed by atoms with van der Waals surface area (Å²) in [6.07, 6.45) is 9.06. The number of halogens is 1. The fourth-order valence-corrected chi connectivity index (χ4v) is 5.30. The normalized spacial score (nSPS) is 23.8. The fourth-order valence-electron chi connectivity index (χ4n) is 5.30. The predicted octanol–water partition coefficient (Wildman–Crippen LogP) is 5.15. The van der Waals surface area contributed by atoms with Crippen molar-refractivity contribution in [1.82, 2.24) is 20.7 Å². The number of pyridine rings is 1. The highest BCUT2D eigenvalue weighted by atomic mass is 19.1. The van der Waals surface area contributed by atoms with Crippen LogP contribution in [-0.4, -0.2) is 34.1 Å². The molecule has 4 atom stereocenters. The molecule has 0 bridgehead atoms. The number of hydrogen-bond donors (Lipinski definition) is 1. The van der Waals surface area contributed by atoms with Gasteiger partial charge in [-0.25, -0.2) is 9.18 Å². The number of hydrogen-bond acceptors (Lipinski definition) is 6. The Morgan fingerprint density at radius 2 is 2.18 bits per heavy atom. The summed E-state index contributed by atoms with van der Waals surface area (Å²) in [5.74, 6) is 1.39. The van der Waals surface area contributed by atoms with Gasteiger partial charge in [0.1, 0.15) is 11.5 Å². The van der Waals surface area contributed by atoms with Gasteiger partial charge >= 0.3 is 6.09 Å². The minimum atomic E-state index is -0.354. The van der Waals surface area contributed by atoms with Crippen molar-refractivity contribution in [3.8, 4) is 11.1 Å². The van der Waals surface area contributed by atoms with Crippen LogP contribution >= 0.6 is 0 Å². The molecule has 1 N–H and O–H groups in total. The molecule has 0 aliphatic heterocycles. The lowest BCUT2D eigenvalue weighted by molar-refractivity contribution is 0.125. The van der Waals surface area contributed by atoms with E-state index in [1.807, 2.05) is 24.3 Å². The molecular formula is C26H27FN4O3. The van der Waals surface area contributed by atoms with Crippen LogP contribution in [0.1, 0.15) is 49.3 Å². The quantitative estimate of drug-likeness (QED) is 0.564. The molecule has 0 unspecified atom stereocenters. The molecule has 3 aromatic rings. The molecule has 2 aliphatic carbocycles. The predicted molar refractivity (Wildman–Crippen MR) is 124 cm³/mol.